The van der Waals surface area contributed by atoms with Gasteiger partial charge < -0.3 is 10.0 Å². The van der Waals surface area contributed by atoms with E-state index in [4.69, 9.17) is 0 Å². The fourth-order valence-corrected chi connectivity index (χ4v) is 2.82. The Hall–Kier alpha value is -1.85. The molecule has 0 spiro atoms. The Balaban J connectivity index is 2.16. The highest BCUT2D eigenvalue weighted by molar-refractivity contribution is 5.94. The van der Waals surface area contributed by atoms with Crippen LogP contribution in [-0.4, -0.2) is 45.2 Å². The minimum absolute atomic E-state index is 0.143. The van der Waals surface area contributed by atoms with E-state index in [1.54, 1.807) is 11.1 Å². The Morgan fingerprint density at radius 1 is 1.58 bits per heavy atom. The van der Waals surface area contributed by atoms with Crippen LogP contribution < -0.4 is 0 Å². The highest BCUT2D eigenvalue weighted by atomic mass is 16.4. The maximum absolute atomic E-state index is 12.2. The predicted molar refractivity (Wildman–Crippen MR) is 68.7 cm³/mol. The van der Waals surface area contributed by atoms with Gasteiger partial charge in [0.15, 0.2) is 0 Å². The fourth-order valence-electron chi connectivity index (χ4n) is 2.82. The van der Waals surface area contributed by atoms with Gasteiger partial charge in [0.05, 0.1) is 17.2 Å². The van der Waals surface area contributed by atoms with Crippen LogP contribution in [0.3, 0.4) is 0 Å². The topological polar surface area (TPSA) is 86.3 Å². The summed E-state index contributed by atoms with van der Waals surface area (Å²) in [4.78, 5) is 25.4. The summed E-state index contributed by atoms with van der Waals surface area (Å²) in [6.45, 7) is 2.88. The molecule has 0 bridgehead atoms. The Kier molecular flexibility index (Phi) is 3.87. The van der Waals surface area contributed by atoms with Crippen LogP contribution in [0.25, 0.3) is 0 Å². The molecule has 0 aliphatic carbocycles. The number of aromatic nitrogens is 2. The van der Waals surface area contributed by atoms with Gasteiger partial charge in [0.25, 0.3) is 5.91 Å². The standard InChI is InChI=1S/C13H19N3O3/c1-2-4-13(12(18)19)5-3-6-16(9-13)11(17)10-7-14-15-8-10/h7-8H,2-6,9H2,1H3,(H,14,15)(H,18,19). The summed E-state index contributed by atoms with van der Waals surface area (Å²) in [6.07, 6.45) is 5.80. The van der Waals surface area contributed by atoms with Gasteiger partial charge in [-0.15, -0.1) is 0 Å². The minimum atomic E-state index is -0.793. The zero-order valence-corrected chi connectivity index (χ0v) is 11.1. The summed E-state index contributed by atoms with van der Waals surface area (Å²) in [6, 6.07) is 0. The average molecular weight is 265 g/mol. The summed E-state index contributed by atoms with van der Waals surface area (Å²) in [7, 11) is 0. The smallest absolute Gasteiger partial charge is 0.311 e. The first-order chi connectivity index (χ1) is 9.09. The van der Waals surface area contributed by atoms with Gasteiger partial charge in [0.1, 0.15) is 0 Å². The van der Waals surface area contributed by atoms with Gasteiger partial charge in [-0.3, -0.25) is 14.7 Å². The highest BCUT2D eigenvalue weighted by Gasteiger charge is 2.42. The molecule has 1 atom stereocenters. The summed E-state index contributed by atoms with van der Waals surface area (Å²) in [5.74, 6) is -0.936. The van der Waals surface area contributed by atoms with Crippen LogP contribution in [0.15, 0.2) is 12.4 Å². The number of carboxylic acids is 1. The Labute approximate surface area is 111 Å². The van der Waals surface area contributed by atoms with Crippen molar-refractivity contribution in [2.24, 2.45) is 5.41 Å². The van der Waals surface area contributed by atoms with Crippen LogP contribution in [0, 0.1) is 5.41 Å². The number of carbonyl (C=O) groups excluding carboxylic acids is 1. The number of carbonyl (C=O) groups is 2. The second-order valence-corrected chi connectivity index (χ2v) is 5.15. The lowest BCUT2D eigenvalue weighted by Crippen LogP contribution is -2.49. The van der Waals surface area contributed by atoms with Gasteiger partial charge in [-0.25, -0.2) is 0 Å². The van der Waals surface area contributed by atoms with Crippen molar-refractivity contribution in [2.45, 2.75) is 32.6 Å². The summed E-state index contributed by atoms with van der Waals surface area (Å²) in [5.41, 5.74) is -0.301. The number of nitrogens with zero attached hydrogens (tertiary/aromatic N) is 2. The predicted octanol–water partition coefficient (Wildman–Crippen LogP) is 1.52. The van der Waals surface area contributed by atoms with E-state index >= 15 is 0 Å². The SMILES string of the molecule is CCCC1(C(=O)O)CCCN(C(=O)c2cn[nH]c2)C1. The van der Waals surface area contributed by atoms with E-state index in [1.807, 2.05) is 6.92 Å². The zero-order valence-electron chi connectivity index (χ0n) is 11.1. The van der Waals surface area contributed by atoms with Crippen molar-refractivity contribution in [3.63, 3.8) is 0 Å². The number of hydrogen-bond donors (Lipinski definition) is 2. The molecule has 1 aromatic heterocycles. The molecular weight excluding hydrogens is 246 g/mol. The van der Waals surface area contributed by atoms with Crippen molar-refractivity contribution in [3.05, 3.63) is 18.0 Å². The minimum Gasteiger partial charge on any atom is -0.481 e. The first kappa shape index (κ1) is 13.6. The molecule has 104 valence electrons. The lowest BCUT2D eigenvalue weighted by molar-refractivity contribution is -0.152. The van der Waals surface area contributed by atoms with Gasteiger partial charge in [0.2, 0.25) is 0 Å². The maximum atomic E-state index is 12.2. The number of carboxylic acid groups (broad SMARTS) is 1. The maximum Gasteiger partial charge on any atom is 0.311 e. The van der Waals surface area contributed by atoms with Crippen molar-refractivity contribution in [1.82, 2.24) is 15.1 Å². The summed E-state index contributed by atoms with van der Waals surface area (Å²) in [5, 5.41) is 15.9. The van der Waals surface area contributed by atoms with Crippen LogP contribution in [0.1, 0.15) is 43.0 Å². The third-order valence-corrected chi connectivity index (χ3v) is 3.79. The van der Waals surface area contributed by atoms with Crippen LogP contribution in [-0.2, 0) is 4.79 Å². The first-order valence-electron chi connectivity index (χ1n) is 6.60. The number of nitrogens with one attached hydrogen (secondary N) is 1. The molecule has 1 unspecified atom stereocenters. The van der Waals surface area contributed by atoms with Gasteiger partial charge >= 0.3 is 5.97 Å². The molecular formula is C13H19N3O3. The monoisotopic (exact) mass is 265 g/mol. The molecule has 0 saturated carbocycles. The van der Waals surface area contributed by atoms with E-state index in [9.17, 15) is 14.7 Å². The number of likely N-dealkylation sites (tertiary alicyclic amines) is 1. The molecule has 1 aliphatic rings. The van der Waals surface area contributed by atoms with E-state index in [1.165, 1.54) is 6.20 Å². The summed E-state index contributed by atoms with van der Waals surface area (Å²) >= 11 is 0. The van der Waals surface area contributed by atoms with Crippen LogP contribution in [0.2, 0.25) is 0 Å². The molecule has 1 aromatic rings. The van der Waals surface area contributed by atoms with Gasteiger partial charge in [0, 0.05) is 19.3 Å². The van der Waals surface area contributed by atoms with Crippen molar-refractivity contribution < 1.29 is 14.7 Å². The second-order valence-electron chi connectivity index (χ2n) is 5.15. The lowest BCUT2D eigenvalue weighted by atomic mass is 9.76. The molecule has 2 N–H and O–H groups in total. The summed E-state index contributed by atoms with van der Waals surface area (Å²) < 4.78 is 0. The number of piperidine rings is 1. The quantitative estimate of drug-likeness (QED) is 0.864. The zero-order chi connectivity index (χ0) is 13.9. The number of aliphatic carboxylic acids is 1. The van der Waals surface area contributed by atoms with E-state index < -0.39 is 11.4 Å². The van der Waals surface area contributed by atoms with E-state index in [-0.39, 0.29) is 5.91 Å². The van der Waals surface area contributed by atoms with Crippen LogP contribution in [0.4, 0.5) is 0 Å². The number of H-pyrrole nitrogens is 1. The van der Waals surface area contributed by atoms with E-state index in [0.717, 1.165) is 12.8 Å². The third kappa shape index (κ3) is 2.62. The van der Waals surface area contributed by atoms with Crippen molar-refractivity contribution in [1.29, 1.82) is 0 Å². The molecule has 1 fully saturated rings. The lowest BCUT2D eigenvalue weighted by Gasteiger charge is -2.39. The number of amides is 1. The first-order valence-corrected chi connectivity index (χ1v) is 6.60. The average Bonchev–Trinajstić information content (AvgIpc) is 2.92. The third-order valence-electron chi connectivity index (χ3n) is 3.79. The van der Waals surface area contributed by atoms with Crippen molar-refractivity contribution in [3.8, 4) is 0 Å². The van der Waals surface area contributed by atoms with Crippen molar-refractivity contribution >= 4 is 11.9 Å². The molecule has 1 amide bonds. The Morgan fingerprint density at radius 3 is 2.95 bits per heavy atom. The van der Waals surface area contributed by atoms with Gasteiger partial charge in [-0.05, 0) is 19.3 Å². The Morgan fingerprint density at radius 2 is 2.37 bits per heavy atom. The molecule has 2 heterocycles. The largest absolute Gasteiger partial charge is 0.481 e. The molecule has 0 aromatic carbocycles. The van der Waals surface area contributed by atoms with Crippen LogP contribution >= 0.6 is 0 Å². The number of rotatable bonds is 4. The molecule has 0 radical (unpaired) electrons. The van der Waals surface area contributed by atoms with E-state index in [2.05, 4.69) is 10.2 Å². The van der Waals surface area contributed by atoms with Gasteiger partial charge in [-0.1, -0.05) is 13.3 Å². The van der Waals surface area contributed by atoms with E-state index in [0.29, 0.717) is 31.5 Å². The highest BCUT2D eigenvalue weighted by Crippen LogP contribution is 2.35. The molecule has 6 nitrogen and oxygen atoms in total. The molecule has 6 heteroatoms. The van der Waals surface area contributed by atoms with Gasteiger partial charge in [-0.2, -0.15) is 5.10 Å². The van der Waals surface area contributed by atoms with Crippen molar-refractivity contribution in [2.75, 3.05) is 13.1 Å². The second kappa shape index (κ2) is 5.42. The molecule has 2 rings (SSSR count). The number of aromatic amines is 1. The molecule has 19 heavy (non-hydrogen) atoms. The molecule has 1 saturated heterocycles. The Bertz CT molecular complexity index is 454. The number of hydrogen-bond acceptors (Lipinski definition) is 3. The fraction of sp³-hybridized carbons (Fsp3) is 0.615. The molecule has 1 aliphatic heterocycles. The normalized spacial score (nSPS) is 23.3. The van der Waals surface area contributed by atoms with Crippen LogP contribution in [0.5, 0.6) is 0 Å².